The molecule has 0 aromatic heterocycles. The Morgan fingerprint density at radius 1 is 0.265 bits per heavy atom. The van der Waals surface area contributed by atoms with E-state index in [9.17, 15) is 0 Å². The Kier molecular flexibility index (Phi) is 29.2. The fourth-order valence-corrected chi connectivity index (χ4v) is 5.59. The van der Waals surface area contributed by atoms with E-state index in [1.807, 2.05) is 0 Å². The van der Waals surface area contributed by atoms with Crippen molar-refractivity contribution >= 4 is 0 Å². The maximum Gasteiger partial charge on any atom is -0.0443 e. The quantitative estimate of drug-likeness (QED) is 0.0937. The van der Waals surface area contributed by atoms with Gasteiger partial charge in [0.15, 0.2) is 0 Å². The zero-order chi connectivity index (χ0) is 25.0. The van der Waals surface area contributed by atoms with Crippen LogP contribution in [0.1, 0.15) is 207 Å². The molecule has 0 aromatic rings. The van der Waals surface area contributed by atoms with Gasteiger partial charge in [0.1, 0.15) is 0 Å². The molecule has 34 heavy (non-hydrogen) atoms. The first kappa shape index (κ1) is 34.0. The average Bonchev–Trinajstić information content (AvgIpc) is 2.83. The summed E-state index contributed by atoms with van der Waals surface area (Å²) < 4.78 is 0. The minimum absolute atomic E-state index is 0.956. The fraction of sp³-hybridized carbons (Fsp3) is 1.00. The highest BCUT2D eigenvalue weighted by Crippen LogP contribution is 2.22. The van der Waals surface area contributed by atoms with Crippen LogP contribution < -0.4 is 0 Å². The molecule has 0 unspecified atom stereocenters. The Labute approximate surface area is 219 Å². The van der Waals surface area contributed by atoms with Gasteiger partial charge >= 0.3 is 0 Å². The Morgan fingerprint density at radius 2 is 0.471 bits per heavy atom. The molecule has 0 rings (SSSR count). The first-order chi connectivity index (χ1) is 16.7. The molecule has 2 atom stereocenters. The molecule has 0 N–H and O–H groups in total. The van der Waals surface area contributed by atoms with Gasteiger partial charge in [0.2, 0.25) is 0 Å². The highest BCUT2D eigenvalue weighted by Gasteiger charge is 2.06. The van der Waals surface area contributed by atoms with Gasteiger partial charge in [-0.15, -0.1) is 0 Å². The third kappa shape index (κ3) is 28.2. The molecule has 0 bridgehead atoms. The van der Waals surface area contributed by atoms with Crippen molar-refractivity contribution in [3.05, 3.63) is 0 Å². The molecule has 206 valence electrons. The van der Waals surface area contributed by atoms with Crippen LogP contribution in [-0.4, -0.2) is 0 Å². The van der Waals surface area contributed by atoms with E-state index < -0.39 is 0 Å². The molecule has 0 radical (unpaired) electrons. The van der Waals surface area contributed by atoms with Crippen molar-refractivity contribution in [2.24, 2.45) is 11.8 Å². The highest BCUT2D eigenvalue weighted by molar-refractivity contribution is 4.59. The first-order valence-corrected chi connectivity index (χ1v) is 16.7. The molecule has 0 spiro atoms. The zero-order valence-corrected chi connectivity index (χ0v) is 25.0. The lowest BCUT2D eigenvalue weighted by molar-refractivity contribution is 0.390. The van der Waals surface area contributed by atoms with Crippen molar-refractivity contribution in [1.29, 1.82) is 0 Å². The minimum atomic E-state index is 0.956. The number of unbranched alkanes of at least 4 members (excludes halogenated alkanes) is 21. The SMILES string of the molecule is CCCCCCCCCCCCCCCC[C@H](C)CCC[C@H](C)CCCCCCCCCCC. The van der Waals surface area contributed by atoms with Gasteiger partial charge in [-0.1, -0.05) is 207 Å². The van der Waals surface area contributed by atoms with E-state index in [-0.39, 0.29) is 0 Å². The second-order valence-corrected chi connectivity index (χ2v) is 12.1. The lowest BCUT2D eigenvalue weighted by atomic mass is 9.92. The monoisotopic (exact) mass is 479 g/mol. The lowest BCUT2D eigenvalue weighted by Gasteiger charge is -2.14. The van der Waals surface area contributed by atoms with Crippen LogP contribution in [0, 0.1) is 11.8 Å². The summed E-state index contributed by atoms with van der Waals surface area (Å²) in [6.07, 6.45) is 41.1. The molecular formula is C34H70. The Morgan fingerprint density at radius 3 is 0.735 bits per heavy atom. The molecule has 0 aliphatic heterocycles. The minimum Gasteiger partial charge on any atom is -0.0654 e. The second-order valence-electron chi connectivity index (χ2n) is 12.1. The van der Waals surface area contributed by atoms with Crippen molar-refractivity contribution in [3.8, 4) is 0 Å². The van der Waals surface area contributed by atoms with Gasteiger partial charge < -0.3 is 0 Å². The average molecular weight is 479 g/mol. The van der Waals surface area contributed by atoms with Crippen LogP contribution in [0.5, 0.6) is 0 Å². The van der Waals surface area contributed by atoms with Gasteiger partial charge in [-0.25, -0.2) is 0 Å². The van der Waals surface area contributed by atoms with Gasteiger partial charge in [-0.3, -0.25) is 0 Å². The van der Waals surface area contributed by atoms with Crippen molar-refractivity contribution in [3.63, 3.8) is 0 Å². The van der Waals surface area contributed by atoms with Crippen LogP contribution in [0.15, 0.2) is 0 Å². The summed E-state index contributed by atoms with van der Waals surface area (Å²) in [5.74, 6) is 1.91. The van der Waals surface area contributed by atoms with Crippen LogP contribution >= 0.6 is 0 Å². The largest absolute Gasteiger partial charge is 0.0654 e. The number of hydrogen-bond acceptors (Lipinski definition) is 0. The topological polar surface area (TPSA) is 0 Å². The molecule has 0 nitrogen and oxygen atoms in total. The molecule has 0 saturated carbocycles. The van der Waals surface area contributed by atoms with Crippen molar-refractivity contribution in [1.82, 2.24) is 0 Å². The third-order valence-corrected chi connectivity index (χ3v) is 8.24. The summed E-state index contributed by atoms with van der Waals surface area (Å²) in [7, 11) is 0. The second kappa shape index (κ2) is 29.2. The van der Waals surface area contributed by atoms with E-state index in [0.29, 0.717) is 0 Å². The Balaban J connectivity index is 3.26. The normalized spacial score (nSPS) is 13.4. The van der Waals surface area contributed by atoms with Gasteiger partial charge in [0.05, 0.1) is 0 Å². The van der Waals surface area contributed by atoms with Crippen LogP contribution in [0.2, 0.25) is 0 Å². The smallest absolute Gasteiger partial charge is 0.0443 e. The van der Waals surface area contributed by atoms with E-state index in [1.165, 1.54) is 180 Å². The molecule has 0 saturated heterocycles. The zero-order valence-electron chi connectivity index (χ0n) is 25.0. The van der Waals surface area contributed by atoms with E-state index in [4.69, 9.17) is 0 Å². The summed E-state index contributed by atoms with van der Waals surface area (Å²) >= 11 is 0. The Hall–Kier alpha value is 0. The summed E-state index contributed by atoms with van der Waals surface area (Å²) in [5, 5.41) is 0. The van der Waals surface area contributed by atoms with Gasteiger partial charge in [0, 0.05) is 0 Å². The number of rotatable bonds is 29. The maximum atomic E-state index is 2.51. The van der Waals surface area contributed by atoms with Crippen LogP contribution in [-0.2, 0) is 0 Å². The van der Waals surface area contributed by atoms with Crippen LogP contribution in [0.25, 0.3) is 0 Å². The number of hydrogen-bond donors (Lipinski definition) is 0. The van der Waals surface area contributed by atoms with Gasteiger partial charge in [0.25, 0.3) is 0 Å². The van der Waals surface area contributed by atoms with Gasteiger partial charge in [-0.2, -0.15) is 0 Å². The lowest BCUT2D eigenvalue weighted by Crippen LogP contribution is -1.99. The molecule has 0 heteroatoms. The summed E-state index contributed by atoms with van der Waals surface area (Å²) in [6, 6.07) is 0. The van der Waals surface area contributed by atoms with E-state index in [2.05, 4.69) is 27.7 Å². The summed E-state index contributed by atoms with van der Waals surface area (Å²) in [5.41, 5.74) is 0. The molecule has 0 heterocycles. The Bertz CT molecular complexity index is 346. The predicted octanol–water partition coefficient (Wildman–Crippen LogP) is 13.2. The van der Waals surface area contributed by atoms with E-state index in [1.54, 1.807) is 0 Å². The van der Waals surface area contributed by atoms with Crippen molar-refractivity contribution in [2.45, 2.75) is 207 Å². The molecule has 0 aliphatic rings. The van der Waals surface area contributed by atoms with Crippen molar-refractivity contribution < 1.29 is 0 Å². The molecule has 0 fully saturated rings. The highest BCUT2D eigenvalue weighted by atomic mass is 14.1. The third-order valence-electron chi connectivity index (χ3n) is 8.24. The van der Waals surface area contributed by atoms with Crippen molar-refractivity contribution in [2.75, 3.05) is 0 Å². The van der Waals surface area contributed by atoms with Crippen LogP contribution in [0.4, 0.5) is 0 Å². The molecular weight excluding hydrogens is 408 g/mol. The fourth-order valence-electron chi connectivity index (χ4n) is 5.59. The summed E-state index contributed by atoms with van der Waals surface area (Å²) in [4.78, 5) is 0. The van der Waals surface area contributed by atoms with Crippen LogP contribution in [0.3, 0.4) is 0 Å². The standard InChI is InChI=1S/C34H70/c1-5-7-9-11-13-15-16-17-18-19-21-23-25-27-30-34(4)32-28-31-33(3)29-26-24-22-20-14-12-10-8-6-2/h33-34H,5-32H2,1-4H3/t33-,34+/m1/s1. The predicted molar refractivity (Wildman–Crippen MR) is 159 cm³/mol. The summed E-state index contributed by atoms with van der Waals surface area (Å²) in [6.45, 7) is 9.63. The maximum absolute atomic E-state index is 2.51. The molecule has 0 aromatic carbocycles. The molecule has 0 amide bonds. The molecule has 0 aliphatic carbocycles. The van der Waals surface area contributed by atoms with E-state index in [0.717, 1.165) is 11.8 Å². The van der Waals surface area contributed by atoms with E-state index >= 15 is 0 Å². The van der Waals surface area contributed by atoms with Gasteiger partial charge in [-0.05, 0) is 11.8 Å². The first-order valence-electron chi connectivity index (χ1n) is 16.7.